The number of nitrogens with zero attached hydrogens (tertiary/aromatic N) is 1. The number of carbonyl (C=O) groups excluding carboxylic acids is 2. The molecule has 0 saturated heterocycles. The van der Waals surface area contributed by atoms with E-state index in [1.807, 2.05) is 54.6 Å². The number of rotatable bonds is 9. The van der Waals surface area contributed by atoms with Crippen LogP contribution in [0.3, 0.4) is 0 Å². The van der Waals surface area contributed by atoms with Gasteiger partial charge in [-0.15, -0.1) is 0 Å². The summed E-state index contributed by atoms with van der Waals surface area (Å²) in [4.78, 5) is 27.3. The molecule has 1 atom stereocenters. The summed E-state index contributed by atoms with van der Waals surface area (Å²) >= 11 is 0. The zero-order valence-corrected chi connectivity index (χ0v) is 16.9. The molecule has 1 aliphatic rings. The fourth-order valence-electron chi connectivity index (χ4n) is 3.68. The molecule has 0 fully saturated rings. The van der Waals surface area contributed by atoms with Gasteiger partial charge in [-0.25, -0.2) is 0 Å². The van der Waals surface area contributed by atoms with Crippen molar-refractivity contribution < 1.29 is 19.4 Å². The molecule has 1 heterocycles. The van der Waals surface area contributed by atoms with E-state index in [4.69, 9.17) is 4.74 Å². The summed E-state index contributed by atoms with van der Waals surface area (Å²) in [5.41, 5.74) is 3.22. The fourth-order valence-corrected chi connectivity index (χ4v) is 3.68. The van der Waals surface area contributed by atoms with E-state index in [2.05, 4.69) is 6.92 Å². The summed E-state index contributed by atoms with van der Waals surface area (Å²) in [5, 5.41) is 10.6. The zero-order valence-electron chi connectivity index (χ0n) is 16.9. The molecule has 2 aromatic rings. The van der Waals surface area contributed by atoms with Crippen molar-refractivity contribution in [2.45, 2.75) is 32.2 Å². The van der Waals surface area contributed by atoms with Crippen LogP contribution in [0, 0.1) is 0 Å². The highest BCUT2D eigenvalue weighted by molar-refractivity contribution is 6.09. The summed E-state index contributed by atoms with van der Waals surface area (Å²) in [5.74, 6) is -1.16. The molecule has 152 valence electrons. The standard InChI is InChI=1S/C24H27NO4/c1-3-17-9-12-19(13-10-17)22-21(23(27)24(28)25(22)15-16-29-2)20(26)14-11-18-7-5-4-6-8-18/h4-10,12-13,22,27H,3,11,14-16H2,1-2H3. The van der Waals surface area contributed by atoms with E-state index in [1.165, 1.54) is 10.5 Å². The maximum absolute atomic E-state index is 13.1. The summed E-state index contributed by atoms with van der Waals surface area (Å²) in [6.07, 6.45) is 1.70. The molecule has 0 radical (unpaired) electrons. The van der Waals surface area contributed by atoms with E-state index < -0.39 is 17.7 Å². The molecule has 1 unspecified atom stereocenters. The Morgan fingerprint density at radius 2 is 1.76 bits per heavy atom. The summed E-state index contributed by atoms with van der Waals surface area (Å²) in [6.45, 7) is 2.70. The largest absolute Gasteiger partial charge is 0.503 e. The van der Waals surface area contributed by atoms with E-state index in [9.17, 15) is 14.7 Å². The topological polar surface area (TPSA) is 66.8 Å². The summed E-state index contributed by atoms with van der Waals surface area (Å²) in [6, 6.07) is 17.0. The molecule has 1 aliphatic heterocycles. The molecule has 0 saturated carbocycles. The first-order valence-electron chi connectivity index (χ1n) is 9.95. The van der Waals surface area contributed by atoms with E-state index in [0.717, 1.165) is 17.5 Å². The highest BCUT2D eigenvalue weighted by Crippen LogP contribution is 2.38. The molecule has 1 N–H and O–H groups in total. The Hall–Kier alpha value is -2.92. The quantitative estimate of drug-likeness (QED) is 0.704. The van der Waals surface area contributed by atoms with Crippen molar-refractivity contribution in [3.63, 3.8) is 0 Å². The average Bonchev–Trinajstić information content (AvgIpc) is 3.01. The van der Waals surface area contributed by atoms with Crippen molar-refractivity contribution in [3.8, 4) is 0 Å². The maximum atomic E-state index is 13.1. The van der Waals surface area contributed by atoms with Crippen molar-refractivity contribution in [1.29, 1.82) is 0 Å². The van der Waals surface area contributed by atoms with E-state index in [1.54, 1.807) is 7.11 Å². The molecule has 0 bridgehead atoms. The van der Waals surface area contributed by atoms with Crippen molar-refractivity contribution in [2.75, 3.05) is 20.3 Å². The number of amides is 1. The molecule has 2 aromatic carbocycles. The van der Waals surface area contributed by atoms with Gasteiger partial charge in [0.25, 0.3) is 5.91 Å². The van der Waals surface area contributed by atoms with Crippen LogP contribution in [0.4, 0.5) is 0 Å². The molecule has 5 nitrogen and oxygen atoms in total. The van der Waals surface area contributed by atoms with Gasteiger partial charge in [-0.3, -0.25) is 9.59 Å². The number of aliphatic hydroxyl groups is 1. The average molecular weight is 393 g/mol. The van der Waals surface area contributed by atoms with Crippen molar-refractivity contribution >= 4 is 11.7 Å². The van der Waals surface area contributed by atoms with Crippen LogP contribution in [-0.4, -0.2) is 42.0 Å². The van der Waals surface area contributed by atoms with Crippen LogP contribution >= 0.6 is 0 Å². The predicted octanol–water partition coefficient (Wildman–Crippen LogP) is 3.79. The highest BCUT2D eigenvalue weighted by atomic mass is 16.5. The van der Waals surface area contributed by atoms with E-state index >= 15 is 0 Å². The first-order chi connectivity index (χ1) is 14.1. The summed E-state index contributed by atoms with van der Waals surface area (Å²) in [7, 11) is 1.56. The van der Waals surface area contributed by atoms with Gasteiger partial charge in [0.15, 0.2) is 11.5 Å². The van der Waals surface area contributed by atoms with Gasteiger partial charge in [-0.1, -0.05) is 61.5 Å². The Kier molecular flexibility index (Phi) is 6.83. The minimum atomic E-state index is -0.591. The number of aliphatic hydroxyl groups excluding tert-OH is 1. The number of carbonyl (C=O) groups is 2. The molecular weight excluding hydrogens is 366 g/mol. The van der Waals surface area contributed by atoms with Gasteiger partial charge in [0.1, 0.15) is 0 Å². The Morgan fingerprint density at radius 1 is 1.07 bits per heavy atom. The Balaban J connectivity index is 1.89. The summed E-state index contributed by atoms with van der Waals surface area (Å²) < 4.78 is 5.13. The Bertz CT molecular complexity index is 887. The SMILES string of the molecule is CCc1ccc(C2C(C(=O)CCc3ccccc3)=C(O)C(=O)N2CCOC)cc1. The Morgan fingerprint density at radius 3 is 2.38 bits per heavy atom. The second-order valence-corrected chi connectivity index (χ2v) is 7.16. The second kappa shape index (κ2) is 9.52. The lowest BCUT2D eigenvalue weighted by molar-refractivity contribution is -0.130. The number of ether oxygens (including phenoxy) is 1. The van der Waals surface area contributed by atoms with Gasteiger partial charge < -0.3 is 14.7 Å². The van der Waals surface area contributed by atoms with Crippen molar-refractivity contribution in [1.82, 2.24) is 4.90 Å². The number of hydrogen-bond donors (Lipinski definition) is 1. The minimum absolute atomic E-state index is 0.186. The van der Waals surface area contributed by atoms with Crippen molar-refractivity contribution in [3.05, 3.63) is 82.6 Å². The molecule has 29 heavy (non-hydrogen) atoms. The molecular formula is C24H27NO4. The van der Waals surface area contributed by atoms with Crippen LogP contribution in [0.25, 0.3) is 0 Å². The molecule has 0 spiro atoms. The van der Waals surface area contributed by atoms with Gasteiger partial charge >= 0.3 is 0 Å². The minimum Gasteiger partial charge on any atom is -0.503 e. The van der Waals surface area contributed by atoms with Gasteiger partial charge in [0.05, 0.1) is 18.2 Å². The highest BCUT2D eigenvalue weighted by Gasteiger charge is 2.42. The third kappa shape index (κ3) is 4.57. The van der Waals surface area contributed by atoms with E-state index in [-0.39, 0.29) is 17.8 Å². The van der Waals surface area contributed by atoms with Gasteiger partial charge in [-0.2, -0.15) is 0 Å². The number of Topliss-reactive ketones (excluding diaryl/α,β-unsaturated/α-hetero) is 1. The molecule has 0 aliphatic carbocycles. The smallest absolute Gasteiger partial charge is 0.290 e. The lowest BCUT2D eigenvalue weighted by Crippen LogP contribution is -2.34. The zero-order chi connectivity index (χ0) is 20.8. The number of benzene rings is 2. The van der Waals surface area contributed by atoms with Crippen LogP contribution in [0.15, 0.2) is 65.9 Å². The number of methoxy groups -OCH3 is 1. The third-order valence-corrected chi connectivity index (χ3v) is 5.33. The lowest BCUT2D eigenvalue weighted by Gasteiger charge is -2.26. The third-order valence-electron chi connectivity index (χ3n) is 5.33. The first kappa shape index (κ1) is 20.8. The second-order valence-electron chi connectivity index (χ2n) is 7.16. The van der Waals surface area contributed by atoms with E-state index in [0.29, 0.717) is 19.6 Å². The number of ketones is 1. The lowest BCUT2D eigenvalue weighted by atomic mass is 9.92. The normalized spacial score (nSPS) is 16.6. The van der Waals surface area contributed by atoms with Crippen molar-refractivity contribution in [2.24, 2.45) is 0 Å². The molecule has 1 amide bonds. The monoisotopic (exact) mass is 393 g/mol. The Labute approximate surface area is 171 Å². The van der Waals surface area contributed by atoms with Gasteiger partial charge in [0, 0.05) is 20.1 Å². The van der Waals surface area contributed by atoms with Crippen LogP contribution in [0.2, 0.25) is 0 Å². The van der Waals surface area contributed by atoms with Crippen LogP contribution in [0.1, 0.15) is 36.1 Å². The van der Waals surface area contributed by atoms with Crippen LogP contribution < -0.4 is 0 Å². The fraction of sp³-hybridized carbons (Fsp3) is 0.333. The molecule has 0 aromatic heterocycles. The maximum Gasteiger partial charge on any atom is 0.290 e. The first-order valence-corrected chi connectivity index (χ1v) is 9.95. The van der Waals surface area contributed by atoms with Crippen LogP contribution in [-0.2, 0) is 27.2 Å². The molecule has 3 rings (SSSR count). The number of aryl methyl sites for hydroxylation is 2. The molecule has 5 heteroatoms. The van der Waals surface area contributed by atoms with Crippen LogP contribution in [0.5, 0.6) is 0 Å². The van der Waals surface area contributed by atoms with Gasteiger partial charge in [0.2, 0.25) is 0 Å². The predicted molar refractivity (Wildman–Crippen MR) is 112 cm³/mol. The number of hydrogen-bond acceptors (Lipinski definition) is 4. The van der Waals surface area contributed by atoms with Gasteiger partial charge in [-0.05, 0) is 29.5 Å².